The first-order chi connectivity index (χ1) is 30.9. The van der Waals surface area contributed by atoms with Crippen molar-refractivity contribution in [2.24, 2.45) is 0 Å². The minimum absolute atomic E-state index is 0.113. The number of benzene rings is 5. The van der Waals surface area contributed by atoms with Crippen molar-refractivity contribution in [3.8, 4) is 39.8 Å². The summed E-state index contributed by atoms with van der Waals surface area (Å²) in [6.45, 7) is -0.187. The zero-order valence-electron chi connectivity index (χ0n) is 35.1. The van der Waals surface area contributed by atoms with Gasteiger partial charge in [-0.1, -0.05) is 65.9 Å². The van der Waals surface area contributed by atoms with E-state index in [0.717, 1.165) is 5.56 Å². The predicted molar refractivity (Wildman–Crippen MR) is 240 cm³/mol. The minimum atomic E-state index is -4.89. The van der Waals surface area contributed by atoms with Gasteiger partial charge in [0.15, 0.2) is 15.0 Å². The van der Waals surface area contributed by atoms with Crippen molar-refractivity contribution in [2.45, 2.75) is 29.4 Å². The first-order valence-corrected chi connectivity index (χ1v) is 23.9. The molecule has 0 unspecified atom stereocenters. The number of para-hydroxylation sites is 1. The third-order valence-electron chi connectivity index (χ3n) is 10.7. The van der Waals surface area contributed by atoms with Gasteiger partial charge >= 0.3 is 0 Å². The summed E-state index contributed by atoms with van der Waals surface area (Å²) in [7, 11) is -4.78. The summed E-state index contributed by atoms with van der Waals surface area (Å²) in [4.78, 5) is 19.0. The molecule has 0 saturated carbocycles. The smallest absolute Gasteiger partial charge is 0.248 e. The Morgan fingerprint density at radius 2 is 1.39 bits per heavy atom. The highest BCUT2D eigenvalue weighted by molar-refractivity contribution is 7.93. The number of ether oxygens (including phenoxy) is 4. The SMILES string of the molecule is COc1ccc(CN(Cc2ccc(OC)cc2)S(=O)(=O)c2c(S(=O)(=O)CCN3CCOCC3=O)ccc(-c3cccc4sc(N)nc34)c2-c2nnn(Cc3ccc(OC)cc3)n2)cc1. The van der Waals surface area contributed by atoms with Crippen molar-refractivity contribution in [3.05, 3.63) is 120 Å². The van der Waals surface area contributed by atoms with Crippen LogP contribution in [0.4, 0.5) is 5.13 Å². The molecule has 3 heterocycles. The van der Waals surface area contributed by atoms with E-state index in [2.05, 4.69) is 15.3 Å². The van der Waals surface area contributed by atoms with Crippen molar-refractivity contribution >= 4 is 52.5 Å². The molecule has 20 heteroatoms. The van der Waals surface area contributed by atoms with Crippen molar-refractivity contribution in [2.75, 3.05) is 59.1 Å². The molecule has 1 saturated heterocycles. The van der Waals surface area contributed by atoms with Crippen LogP contribution < -0.4 is 19.9 Å². The average molecular weight is 925 g/mol. The lowest BCUT2D eigenvalue weighted by Gasteiger charge is -2.28. The van der Waals surface area contributed by atoms with E-state index in [1.165, 1.54) is 51.7 Å². The summed E-state index contributed by atoms with van der Waals surface area (Å²) < 4.78 is 85.1. The molecule has 17 nitrogen and oxygen atoms in total. The highest BCUT2D eigenvalue weighted by Crippen LogP contribution is 2.44. The summed E-state index contributed by atoms with van der Waals surface area (Å²) in [6, 6.07) is 29.3. The number of morpholine rings is 1. The Morgan fingerprint density at radius 1 is 0.781 bits per heavy atom. The number of amides is 1. The molecule has 0 spiro atoms. The number of carbonyl (C=O) groups is 1. The minimum Gasteiger partial charge on any atom is -0.497 e. The standard InChI is InChI=1S/C44H44N8O9S3/c1-58-32-13-7-29(8-14-32)25-51(26-30-9-15-33(59-2)16-10-30)64(56,57)42-38(63(54,55)24-22-50-21-23-61-28-39(50)53)20-19-35(36-5-4-6-37-41(36)46-44(45)62-37)40(42)43-47-49-52(48-43)27-31-11-17-34(60-3)18-12-31/h4-20H,21-28H2,1-3H3,(H2,45,46). The lowest BCUT2D eigenvalue weighted by Crippen LogP contribution is -2.43. The maximum absolute atomic E-state index is 16.0. The molecular formula is C44H44N8O9S3. The Morgan fingerprint density at radius 3 is 1.98 bits per heavy atom. The van der Waals surface area contributed by atoms with Gasteiger partial charge in [-0.15, -0.1) is 10.2 Å². The van der Waals surface area contributed by atoms with Crippen molar-refractivity contribution in [3.63, 3.8) is 0 Å². The first-order valence-electron chi connectivity index (χ1n) is 19.9. The van der Waals surface area contributed by atoms with E-state index in [-0.39, 0.29) is 73.9 Å². The number of nitrogen functional groups attached to an aromatic ring is 1. The van der Waals surface area contributed by atoms with Crippen LogP contribution in [0.3, 0.4) is 0 Å². The van der Waals surface area contributed by atoms with E-state index in [1.54, 1.807) is 79.9 Å². The molecule has 1 fully saturated rings. The summed E-state index contributed by atoms with van der Waals surface area (Å²) in [6.07, 6.45) is 0. The molecule has 64 heavy (non-hydrogen) atoms. The zero-order valence-corrected chi connectivity index (χ0v) is 37.5. The fourth-order valence-electron chi connectivity index (χ4n) is 7.35. The second-order valence-corrected chi connectivity index (χ2v) is 19.7. The molecule has 0 radical (unpaired) electrons. The Hall–Kier alpha value is -6.45. The fourth-order valence-corrected chi connectivity index (χ4v) is 11.8. The quantitative estimate of drug-likeness (QED) is 0.123. The van der Waals surface area contributed by atoms with E-state index in [9.17, 15) is 13.2 Å². The van der Waals surface area contributed by atoms with Crippen LogP contribution in [0.25, 0.3) is 32.7 Å². The number of tetrazole rings is 1. The van der Waals surface area contributed by atoms with Crippen LogP contribution in [0.1, 0.15) is 16.7 Å². The lowest BCUT2D eigenvalue weighted by molar-refractivity contribution is -0.142. The lowest BCUT2D eigenvalue weighted by atomic mass is 9.98. The van der Waals surface area contributed by atoms with Gasteiger partial charge in [-0.2, -0.15) is 9.10 Å². The van der Waals surface area contributed by atoms with Crippen molar-refractivity contribution in [1.82, 2.24) is 34.4 Å². The number of anilines is 1. The third kappa shape index (κ3) is 9.41. The monoisotopic (exact) mass is 924 g/mol. The molecule has 1 aliphatic heterocycles. The third-order valence-corrected chi connectivity index (χ3v) is 15.3. The molecule has 0 bridgehead atoms. The summed E-state index contributed by atoms with van der Waals surface area (Å²) in [5, 5.41) is 13.8. The van der Waals surface area contributed by atoms with E-state index < -0.39 is 35.4 Å². The Labute approximate surface area is 373 Å². The van der Waals surface area contributed by atoms with Crippen LogP contribution in [0, 0.1) is 0 Å². The molecule has 5 aromatic carbocycles. The maximum Gasteiger partial charge on any atom is 0.248 e. The molecule has 1 aliphatic rings. The van der Waals surface area contributed by atoms with Gasteiger partial charge in [-0.3, -0.25) is 4.79 Å². The summed E-state index contributed by atoms with van der Waals surface area (Å²) in [5.41, 5.74) is 9.29. The van der Waals surface area contributed by atoms with Gasteiger partial charge in [-0.05, 0) is 76.0 Å². The molecule has 0 aliphatic carbocycles. The van der Waals surface area contributed by atoms with Crippen LogP contribution in [0.5, 0.6) is 17.2 Å². The zero-order chi connectivity index (χ0) is 45.0. The molecule has 2 N–H and O–H groups in total. The molecule has 332 valence electrons. The Bertz CT molecular complexity index is 2970. The molecule has 7 aromatic rings. The van der Waals surface area contributed by atoms with E-state index in [4.69, 9.17) is 29.8 Å². The molecule has 8 rings (SSSR count). The van der Waals surface area contributed by atoms with Crippen molar-refractivity contribution < 1.29 is 40.6 Å². The number of nitrogens with zero attached hydrogens (tertiary/aromatic N) is 7. The first kappa shape index (κ1) is 44.2. The average Bonchev–Trinajstić information content (AvgIpc) is 3.94. The number of thiazole rings is 1. The Balaban J connectivity index is 1.37. The predicted octanol–water partition coefficient (Wildman–Crippen LogP) is 5.30. The second-order valence-electron chi connectivity index (χ2n) is 14.7. The van der Waals surface area contributed by atoms with Crippen molar-refractivity contribution in [1.29, 1.82) is 0 Å². The van der Waals surface area contributed by atoms with E-state index in [1.807, 2.05) is 18.2 Å². The number of hydrogen-bond donors (Lipinski definition) is 1. The molecule has 2 aromatic heterocycles. The van der Waals surface area contributed by atoms with Crippen LogP contribution in [0.2, 0.25) is 0 Å². The molecule has 0 atom stereocenters. The summed E-state index contributed by atoms with van der Waals surface area (Å²) >= 11 is 1.25. The number of sulfonamides is 1. The normalized spacial score (nSPS) is 13.4. The molecule has 1 amide bonds. The number of nitrogens with two attached hydrogens (primary N) is 1. The van der Waals surface area contributed by atoms with Gasteiger partial charge in [0.1, 0.15) is 28.8 Å². The van der Waals surface area contributed by atoms with E-state index in [0.29, 0.717) is 44.2 Å². The maximum atomic E-state index is 16.0. The molecular weight excluding hydrogens is 881 g/mol. The summed E-state index contributed by atoms with van der Waals surface area (Å²) in [5.74, 6) is 0.664. The topological polar surface area (TPSA) is 211 Å². The van der Waals surface area contributed by atoms with Crippen LogP contribution in [-0.2, 0) is 49.0 Å². The number of hydrogen-bond acceptors (Lipinski definition) is 15. The number of rotatable bonds is 17. The number of carbonyl (C=O) groups excluding carboxylic acids is 1. The second kappa shape index (κ2) is 18.7. The number of aromatic nitrogens is 5. The van der Waals surface area contributed by atoms with E-state index >= 15 is 8.42 Å². The van der Waals surface area contributed by atoms with Gasteiger partial charge in [0.2, 0.25) is 21.8 Å². The van der Waals surface area contributed by atoms with Gasteiger partial charge in [0, 0.05) is 31.7 Å². The highest BCUT2D eigenvalue weighted by atomic mass is 32.2. The fraction of sp³-hybridized carbons (Fsp3) is 0.250. The van der Waals surface area contributed by atoms with Crippen LogP contribution in [-0.4, -0.2) is 111 Å². The van der Waals surface area contributed by atoms with Crippen LogP contribution in [0.15, 0.2) is 113 Å². The Kier molecular flexibility index (Phi) is 12.9. The van der Waals surface area contributed by atoms with Gasteiger partial charge < -0.3 is 29.6 Å². The number of methoxy groups -OCH3 is 3. The van der Waals surface area contributed by atoms with Gasteiger partial charge in [-0.25, -0.2) is 21.8 Å². The largest absolute Gasteiger partial charge is 0.497 e. The number of fused-ring (bicyclic) bond motifs is 1. The van der Waals surface area contributed by atoms with Gasteiger partial charge in [0.25, 0.3) is 0 Å². The van der Waals surface area contributed by atoms with Gasteiger partial charge in [0.05, 0.1) is 60.9 Å². The van der Waals surface area contributed by atoms with Crippen LogP contribution >= 0.6 is 11.3 Å². The highest BCUT2D eigenvalue weighted by Gasteiger charge is 2.38. The number of sulfone groups is 1.